The molecule has 1 atom stereocenters. The van der Waals surface area contributed by atoms with E-state index < -0.39 is 36.0 Å². The van der Waals surface area contributed by atoms with E-state index in [1.807, 2.05) is 6.92 Å². The monoisotopic (exact) mass is 450 g/mol. The lowest BCUT2D eigenvalue weighted by Gasteiger charge is -2.43. The highest BCUT2D eigenvalue weighted by Gasteiger charge is 2.56. The summed E-state index contributed by atoms with van der Waals surface area (Å²) in [6, 6.07) is 3.76. The predicted octanol–water partition coefficient (Wildman–Crippen LogP) is 3.45. The molecule has 178 valence electrons. The second-order valence-electron chi connectivity index (χ2n) is 8.75. The molecule has 1 heterocycles. The molecule has 1 fully saturated rings. The first-order valence-corrected chi connectivity index (χ1v) is 10.6. The van der Waals surface area contributed by atoms with Crippen LogP contribution in [0.3, 0.4) is 0 Å². The van der Waals surface area contributed by atoms with Gasteiger partial charge in [-0.3, -0.25) is 9.80 Å². The van der Waals surface area contributed by atoms with Gasteiger partial charge in [0.15, 0.2) is 5.60 Å². The number of halogens is 4. The summed E-state index contributed by atoms with van der Waals surface area (Å²) in [4.78, 5) is 3.78. The Bertz CT molecular complexity index is 706. The number of rotatable bonds is 10. The molecule has 0 aliphatic carbocycles. The number of alkyl halides is 3. The molecule has 1 saturated heterocycles. The number of piperazine rings is 1. The molecule has 1 aromatic carbocycles. The highest BCUT2D eigenvalue weighted by Crippen LogP contribution is 2.44. The third-order valence-corrected chi connectivity index (χ3v) is 5.86. The van der Waals surface area contributed by atoms with E-state index in [4.69, 9.17) is 9.47 Å². The summed E-state index contributed by atoms with van der Waals surface area (Å²) >= 11 is 0. The first kappa shape index (κ1) is 25.8. The maximum Gasteiger partial charge on any atom is 0.418 e. The van der Waals surface area contributed by atoms with Crippen molar-refractivity contribution in [2.24, 2.45) is 0 Å². The minimum absolute atomic E-state index is 0.290. The Kier molecular flexibility index (Phi) is 8.72. The third-order valence-electron chi connectivity index (χ3n) is 5.86. The van der Waals surface area contributed by atoms with Gasteiger partial charge >= 0.3 is 6.18 Å². The van der Waals surface area contributed by atoms with E-state index in [0.29, 0.717) is 50.7 Å². The number of methoxy groups -OCH3 is 1. The van der Waals surface area contributed by atoms with E-state index >= 15 is 0 Å². The van der Waals surface area contributed by atoms with Crippen molar-refractivity contribution in [2.45, 2.75) is 44.4 Å². The molecule has 5 nitrogen and oxygen atoms in total. The zero-order chi connectivity index (χ0) is 23.3. The summed E-state index contributed by atoms with van der Waals surface area (Å²) in [7, 11) is 1.38. The second-order valence-corrected chi connectivity index (χ2v) is 8.75. The fourth-order valence-electron chi connectivity index (χ4n) is 4.16. The van der Waals surface area contributed by atoms with Crippen LogP contribution in [0.4, 0.5) is 17.6 Å². The number of ether oxygens (including phenoxy) is 2. The number of hydrogen-bond donors (Lipinski definition) is 1. The van der Waals surface area contributed by atoms with Gasteiger partial charge in [0.05, 0.1) is 13.7 Å². The van der Waals surface area contributed by atoms with Crippen LogP contribution in [0.25, 0.3) is 0 Å². The van der Waals surface area contributed by atoms with Crippen LogP contribution in [0.15, 0.2) is 18.2 Å². The Morgan fingerprint density at radius 3 is 2.23 bits per heavy atom. The lowest BCUT2D eigenvalue weighted by atomic mass is 9.74. The van der Waals surface area contributed by atoms with Crippen molar-refractivity contribution in [2.75, 3.05) is 59.6 Å². The molecule has 0 spiro atoms. The van der Waals surface area contributed by atoms with Gasteiger partial charge < -0.3 is 14.6 Å². The molecule has 31 heavy (non-hydrogen) atoms. The van der Waals surface area contributed by atoms with Gasteiger partial charge in [-0.05, 0) is 37.0 Å². The summed E-state index contributed by atoms with van der Waals surface area (Å²) in [6.45, 7) is 8.54. The van der Waals surface area contributed by atoms with Crippen molar-refractivity contribution < 1.29 is 32.1 Å². The first-order chi connectivity index (χ1) is 14.4. The van der Waals surface area contributed by atoms with E-state index in [-0.39, 0.29) is 0 Å². The van der Waals surface area contributed by atoms with Crippen LogP contribution in [0.5, 0.6) is 5.75 Å². The predicted molar refractivity (Wildman–Crippen MR) is 111 cm³/mol. The SMILES string of the molecule is CCOCCN1CCN(CC(O)(CC(C)(C)c2cc(F)ccc2OC)C(F)(F)F)CC1. The molecule has 1 aliphatic heterocycles. The second kappa shape index (κ2) is 10.5. The molecule has 1 aliphatic rings. The van der Waals surface area contributed by atoms with Crippen molar-refractivity contribution in [1.29, 1.82) is 0 Å². The lowest BCUT2D eigenvalue weighted by molar-refractivity contribution is -0.272. The Balaban J connectivity index is 2.14. The molecule has 0 amide bonds. The van der Waals surface area contributed by atoms with Crippen LogP contribution in [0.2, 0.25) is 0 Å². The maximum absolute atomic E-state index is 14.0. The molecule has 2 rings (SSSR count). The Labute approximate surface area is 181 Å². The lowest BCUT2D eigenvalue weighted by Crippen LogP contribution is -2.59. The van der Waals surface area contributed by atoms with Crippen molar-refractivity contribution in [3.63, 3.8) is 0 Å². The van der Waals surface area contributed by atoms with Crippen LogP contribution in [0.1, 0.15) is 32.8 Å². The van der Waals surface area contributed by atoms with Crippen LogP contribution in [-0.4, -0.2) is 86.3 Å². The van der Waals surface area contributed by atoms with E-state index in [0.717, 1.165) is 6.54 Å². The van der Waals surface area contributed by atoms with Crippen LogP contribution in [-0.2, 0) is 10.2 Å². The van der Waals surface area contributed by atoms with Gasteiger partial charge in [0.25, 0.3) is 0 Å². The van der Waals surface area contributed by atoms with Gasteiger partial charge in [0, 0.05) is 51.4 Å². The minimum atomic E-state index is -4.84. The summed E-state index contributed by atoms with van der Waals surface area (Å²) in [5.41, 5.74) is -3.84. The Hall–Kier alpha value is -1.42. The normalized spacial score (nSPS) is 18.7. The quantitative estimate of drug-likeness (QED) is 0.437. The number of β-amino-alcohol motifs (C(OH)–C–C–N with tert-alkyl or cyclic N) is 1. The summed E-state index contributed by atoms with van der Waals surface area (Å²) in [5, 5.41) is 10.8. The summed E-state index contributed by atoms with van der Waals surface area (Å²) < 4.78 is 66.5. The number of hydrogen-bond acceptors (Lipinski definition) is 5. The fraction of sp³-hybridized carbons (Fsp3) is 0.727. The van der Waals surface area contributed by atoms with Gasteiger partial charge in [-0.25, -0.2) is 4.39 Å². The molecule has 1 aromatic rings. The zero-order valence-corrected chi connectivity index (χ0v) is 18.8. The van der Waals surface area contributed by atoms with Gasteiger partial charge in [-0.2, -0.15) is 13.2 Å². The van der Waals surface area contributed by atoms with Crippen LogP contribution in [0, 0.1) is 5.82 Å². The van der Waals surface area contributed by atoms with E-state index in [1.54, 1.807) is 18.7 Å². The molecule has 0 aromatic heterocycles. The van der Waals surface area contributed by atoms with Gasteiger partial charge in [0.2, 0.25) is 0 Å². The first-order valence-electron chi connectivity index (χ1n) is 10.6. The van der Waals surface area contributed by atoms with Crippen molar-refractivity contribution in [3.05, 3.63) is 29.6 Å². The summed E-state index contributed by atoms with van der Waals surface area (Å²) in [6.07, 6.45) is -5.45. The van der Waals surface area contributed by atoms with Crippen LogP contribution >= 0.6 is 0 Å². The number of aliphatic hydroxyl groups is 1. The minimum Gasteiger partial charge on any atom is -0.496 e. The number of benzene rings is 1. The molecular formula is C22H34F4N2O3. The average Bonchev–Trinajstić information content (AvgIpc) is 2.68. The standard InChI is InChI=1S/C22H34F4N2O3/c1-5-31-13-12-27-8-10-28(11-9-27)16-21(29,22(24,25)26)15-20(2,3)18-14-17(23)6-7-19(18)30-4/h6-7,14,29H,5,8-13,15-16H2,1-4H3. The Morgan fingerprint density at radius 1 is 1.06 bits per heavy atom. The number of nitrogens with zero attached hydrogens (tertiary/aromatic N) is 2. The van der Waals surface area contributed by atoms with Crippen LogP contribution < -0.4 is 4.74 Å². The third kappa shape index (κ3) is 6.78. The summed E-state index contributed by atoms with van der Waals surface area (Å²) in [5.74, 6) is -0.276. The smallest absolute Gasteiger partial charge is 0.418 e. The molecule has 0 saturated carbocycles. The van der Waals surface area contributed by atoms with Crippen molar-refractivity contribution >= 4 is 0 Å². The molecule has 1 unspecified atom stereocenters. The van der Waals surface area contributed by atoms with E-state index in [9.17, 15) is 22.7 Å². The van der Waals surface area contributed by atoms with E-state index in [1.165, 1.54) is 25.3 Å². The topological polar surface area (TPSA) is 45.2 Å². The highest BCUT2D eigenvalue weighted by molar-refractivity contribution is 5.39. The van der Waals surface area contributed by atoms with E-state index in [2.05, 4.69) is 4.90 Å². The Morgan fingerprint density at radius 2 is 1.68 bits per heavy atom. The van der Waals surface area contributed by atoms with Gasteiger partial charge in [0.1, 0.15) is 11.6 Å². The van der Waals surface area contributed by atoms with Gasteiger partial charge in [-0.15, -0.1) is 0 Å². The zero-order valence-electron chi connectivity index (χ0n) is 18.8. The maximum atomic E-state index is 14.0. The molecular weight excluding hydrogens is 416 g/mol. The molecule has 0 bridgehead atoms. The average molecular weight is 451 g/mol. The molecule has 0 radical (unpaired) electrons. The van der Waals surface area contributed by atoms with Crippen molar-refractivity contribution in [1.82, 2.24) is 9.80 Å². The molecule has 9 heteroatoms. The fourth-order valence-corrected chi connectivity index (χ4v) is 4.16. The van der Waals surface area contributed by atoms with Crippen molar-refractivity contribution in [3.8, 4) is 5.75 Å². The highest BCUT2D eigenvalue weighted by atomic mass is 19.4. The van der Waals surface area contributed by atoms with Gasteiger partial charge in [-0.1, -0.05) is 13.8 Å². The largest absolute Gasteiger partial charge is 0.496 e. The molecule has 1 N–H and O–H groups in total.